The van der Waals surface area contributed by atoms with Gasteiger partial charge < -0.3 is 15.0 Å². The number of H-pyrrole nitrogens is 1. The molecule has 214 valence electrons. The Morgan fingerprint density at radius 3 is 2.44 bits per heavy atom. The Morgan fingerprint density at radius 1 is 0.953 bits per heavy atom. The van der Waals surface area contributed by atoms with E-state index >= 15 is 0 Å². The molecule has 2 aliphatic heterocycles. The summed E-state index contributed by atoms with van der Waals surface area (Å²) in [6.07, 6.45) is 0.339. The van der Waals surface area contributed by atoms with Crippen LogP contribution >= 0.6 is 0 Å². The van der Waals surface area contributed by atoms with E-state index < -0.39 is 29.9 Å². The molecule has 2 unspecified atom stereocenters. The number of benzene rings is 4. The molecule has 8 nitrogen and oxygen atoms in total. The third-order valence-electron chi connectivity index (χ3n) is 8.24. The molecular weight excluding hydrogens is 547 g/mol. The van der Waals surface area contributed by atoms with Gasteiger partial charge in [0.1, 0.15) is 23.7 Å². The van der Waals surface area contributed by atoms with Crippen molar-refractivity contribution in [2.24, 2.45) is 0 Å². The third-order valence-corrected chi connectivity index (χ3v) is 8.24. The number of halogens is 1. The number of nitrogens with zero attached hydrogens (tertiary/aromatic N) is 2. The average molecular weight is 575 g/mol. The number of urea groups is 1. The number of rotatable bonds is 6. The number of methoxy groups -OCH3 is 1. The summed E-state index contributed by atoms with van der Waals surface area (Å²) in [6, 6.07) is 26.0. The van der Waals surface area contributed by atoms with Crippen LogP contribution in [0.3, 0.4) is 0 Å². The van der Waals surface area contributed by atoms with Gasteiger partial charge in [0.15, 0.2) is 0 Å². The van der Waals surface area contributed by atoms with Crippen molar-refractivity contribution < 1.29 is 23.5 Å². The number of ether oxygens (including phenoxy) is 1. The van der Waals surface area contributed by atoms with Gasteiger partial charge in [-0.15, -0.1) is 0 Å². The molecule has 2 aliphatic rings. The zero-order valence-electron chi connectivity index (χ0n) is 23.2. The van der Waals surface area contributed by atoms with Gasteiger partial charge >= 0.3 is 6.03 Å². The summed E-state index contributed by atoms with van der Waals surface area (Å²) in [7, 11) is 1.59. The van der Waals surface area contributed by atoms with Crippen molar-refractivity contribution in [2.45, 2.75) is 25.0 Å². The molecule has 2 atom stereocenters. The maximum atomic E-state index is 14.3. The van der Waals surface area contributed by atoms with Gasteiger partial charge in [0, 0.05) is 29.6 Å². The number of para-hydroxylation sites is 2. The first kappa shape index (κ1) is 26.5. The minimum atomic E-state index is -0.762. The fraction of sp³-hybridized carbons (Fsp3) is 0.147. The second-order valence-corrected chi connectivity index (χ2v) is 10.6. The molecule has 2 N–H and O–H groups in total. The van der Waals surface area contributed by atoms with Crippen LogP contribution in [0.4, 0.5) is 14.9 Å². The highest BCUT2D eigenvalue weighted by molar-refractivity contribution is 6.24. The fourth-order valence-electron chi connectivity index (χ4n) is 6.17. The summed E-state index contributed by atoms with van der Waals surface area (Å²) in [6.45, 7) is 0.158. The predicted octanol–water partition coefficient (Wildman–Crippen LogP) is 5.73. The number of amides is 4. The number of carbonyl (C=O) groups excluding carboxylic acids is 3. The molecule has 9 heteroatoms. The van der Waals surface area contributed by atoms with Crippen LogP contribution in [0.2, 0.25) is 0 Å². The van der Waals surface area contributed by atoms with Crippen molar-refractivity contribution in [3.63, 3.8) is 0 Å². The fourth-order valence-corrected chi connectivity index (χ4v) is 6.17. The Morgan fingerprint density at radius 2 is 1.67 bits per heavy atom. The van der Waals surface area contributed by atoms with Gasteiger partial charge in [-0.3, -0.25) is 14.5 Å². The number of hydrogen-bond donors (Lipinski definition) is 2. The van der Waals surface area contributed by atoms with Gasteiger partial charge in [-0.1, -0.05) is 54.6 Å². The van der Waals surface area contributed by atoms with E-state index in [1.165, 1.54) is 12.1 Å². The van der Waals surface area contributed by atoms with Crippen LogP contribution in [-0.4, -0.2) is 40.9 Å². The number of nitrogens with one attached hydrogen (secondary N) is 2. The van der Waals surface area contributed by atoms with Gasteiger partial charge in [-0.2, -0.15) is 0 Å². The van der Waals surface area contributed by atoms with Gasteiger partial charge in [0.25, 0.3) is 11.8 Å². The normalized spacial score (nSPS) is 17.6. The lowest BCUT2D eigenvalue weighted by Crippen LogP contribution is -2.44. The third kappa shape index (κ3) is 4.41. The number of aromatic amines is 1. The molecular formula is C34H27FN4O4. The summed E-state index contributed by atoms with van der Waals surface area (Å²) >= 11 is 0. The van der Waals surface area contributed by atoms with Crippen molar-refractivity contribution >= 4 is 34.4 Å². The molecule has 4 aromatic carbocycles. The number of anilines is 1. The SMILES string of the molecule is COc1ccc(C2c3[nH]c4ccccc4c3CC3C(=O)N(c4ccccc4C(=O)NCc4ccc(F)cc4)C(=O)N32)cc1. The minimum absolute atomic E-state index is 0.158. The maximum Gasteiger partial charge on any atom is 0.332 e. The quantitative estimate of drug-likeness (QED) is 0.253. The van der Waals surface area contributed by atoms with Crippen molar-refractivity contribution in [2.75, 3.05) is 12.0 Å². The number of imide groups is 1. The lowest BCUT2D eigenvalue weighted by molar-refractivity contribution is -0.120. The van der Waals surface area contributed by atoms with Crippen LogP contribution < -0.4 is 15.0 Å². The first-order valence-corrected chi connectivity index (χ1v) is 14.0. The molecule has 0 aliphatic carbocycles. The minimum Gasteiger partial charge on any atom is -0.497 e. The Hall–Kier alpha value is -5.44. The summed E-state index contributed by atoms with van der Waals surface area (Å²) < 4.78 is 18.7. The highest BCUT2D eigenvalue weighted by atomic mass is 19.1. The molecule has 0 radical (unpaired) electrons. The van der Waals surface area contributed by atoms with Crippen molar-refractivity contribution in [1.82, 2.24) is 15.2 Å². The van der Waals surface area contributed by atoms with Gasteiger partial charge in [-0.05, 0) is 59.2 Å². The lowest BCUT2D eigenvalue weighted by atomic mass is 9.89. The summed E-state index contributed by atoms with van der Waals surface area (Å²) in [4.78, 5) is 48.1. The highest BCUT2D eigenvalue weighted by Gasteiger charge is 2.53. The second kappa shape index (κ2) is 10.4. The average Bonchev–Trinajstić information content (AvgIpc) is 3.53. The number of aromatic nitrogens is 1. The number of carbonyl (C=O) groups is 3. The van der Waals surface area contributed by atoms with Crippen LogP contribution in [0.15, 0.2) is 97.1 Å². The summed E-state index contributed by atoms with van der Waals surface area (Å²) in [5.74, 6) is -0.527. The molecule has 0 bridgehead atoms. The van der Waals surface area contributed by atoms with Gasteiger partial charge in [-0.25, -0.2) is 14.1 Å². The zero-order valence-corrected chi connectivity index (χ0v) is 23.2. The molecule has 1 saturated heterocycles. The molecule has 3 heterocycles. The van der Waals surface area contributed by atoms with Crippen molar-refractivity contribution in [3.05, 3.63) is 131 Å². The molecule has 5 aromatic rings. The van der Waals surface area contributed by atoms with Crippen LogP contribution in [-0.2, 0) is 17.8 Å². The monoisotopic (exact) mass is 574 g/mol. The van der Waals surface area contributed by atoms with E-state index in [1.54, 1.807) is 48.4 Å². The van der Waals surface area contributed by atoms with Crippen molar-refractivity contribution in [3.8, 4) is 5.75 Å². The van der Waals surface area contributed by atoms with E-state index in [-0.39, 0.29) is 23.6 Å². The maximum absolute atomic E-state index is 14.3. The van der Waals surface area contributed by atoms with Gasteiger partial charge in [0.2, 0.25) is 0 Å². The molecule has 4 amide bonds. The Balaban J connectivity index is 1.27. The van der Waals surface area contributed by atoms with Crippen LogP contribution in [0.1, 0.15) is 38.8 Å². The van der Waals surface area contributed by atoms with E-state index in [0.717, 1.165) is 32.6 Å². The Kier molecular flexibility index (Phi) is 6.42. The van der Waals surface area contributed by atoms with Crippen LogP contribution in [0.5, 0.6) is 5.75 Å². The topological polar surface area (TPSA) is 94.7 Å². The predicted molar refractivity (Wildman–Crippen MR) is 159 cm³/mol. The first-order valence-electron chi connectivity index (χ1n) is 14.0. The number of hydrogen-bond acceptors (Lipinski definition) is 4. The number of fused-ring (bicyclic) bond motifs is 4. The van der Waals surface area contributed by atoms with Gasteiger partial charge in [0.05, 0.1) is 18.4 Å². The Labute approximate surface area is 246 Å². The Bertz CT molecular complexity index is 1880. The van der Waals surface area contributed by atoms with Crippen molar-refractivity contribution in [1.29, 1.82) is 0 Å². The first-order chi connectivity index (χ1) is 20.9. The highest BCUT2D eigenvalue weighted by Crippen LogP contribution is 2.45. The summed E-state index contributed by atoms with van der Waals surface area (Å²) in [5, 5.41) is 3.83. The molecule has 1 aromatic heterocycles. The standard InChI is InChI=1S/C34H27FN4O4/c1-43-23-16-12-21(13-17-23)31-30-26(24-6-2-4-8-27(24)37-30)18-29-33(41)39(34(42)38(29)31)28-9-5-3-7-25(28)32(40)36-19-20-10-14-22(35)15-11-20/h2-17,29,31,37H,18-19H2,1H3,(H,36,40). The second-order valence-electron chi connectivity index (χ2n) is 10.6. The zero-order chi connectivity index (χ0) is 29.7. The largest absolute Gasteiger partial charge is 0.497 e. The molecule has 1 fully saturated rings. The van der Waals surface area contributed by atoms with Crippen LogP contribution in [0.25, 0.3) is 10.9 Å². The lowest BCUT2D eigenvalue weighted by Gasteiger charge is -2.36. The molecule has 43 heavy (non-hydrogen) atoms. The molecule has 7 rings (SSSR count). The van der Waals surface area contributed by atoms with E-state index in [4.69, 9.17) is 4.74 Å². The smallest absolute Gasteiger partial charge is 0.332 e. The van der Waals surface area contributed by atoms with Crippen LogP contribution in [0, 0.1) is 5.82 Å². The van der Waals surface area contributed by atoms with E-state index in [9.17, 15) is 18.8 Å². The molecule has 0 saturated carbocycles. The van der Waals surface area contributed by atoms with E-state index in [1.807, 2.05) is 48.5 Å². The summed E-state index contributed by atoms with van der Waals surface area (Å²) in [5.41, 5.74) is 4.73. The van der Waals surface area contributed by atoms with E-state index in [0.29, 0.717) is 17.7 Å². The van der Waals surface area contributed by atoms with E-state index in [2.05, 4.69) is 10.3 Å². The molecule has 0 spiro atoms.